The van der Waals surface area contributed by atoms with Crippen molar-refractivity contribution in [2.24, 2.45) is 10.8 Å². The zero-order valence-corrected chi connectivity index (χ0v) is 12.4. The number of carbonyl (C=O) groups excluding carboxylic acids is 1. The van der Waals surface area contributed by atoms with E-state index in [1.54, 1.807) is 36.4 Å². The molecule has 0 aromatic heterocycles. The van der Waals surface area contributed by atoms with Crippen LogP contribution in [0.15, 0.2) is 41.4 Å². The van der Waals surface area contributed by atoms with Crippen LogP contribution in [0.2, 0.25) is 10.0 Å². The number of rotatable bonds is 2. The van der Waals surface area contributed by atoms with Crippen LogP contribution < -0.4 is 11.3 Å². The van der Waals surface area contributed by atoms with Gasteiger partial charge in [0.1, 0.15) is 0 Å². The van der Waals surface area contributed by atoms with E-state index in [1.807, 2.05) is 0 Å². The number of fused-ring (bicyclic) bond motifs is 1. The molecule has 0 fully saturated rings. The standard InChI is InChI=1S/C15H11Cl2N3O/c16-10-2-1-3-11(17)14(10)13-7-9-6-8(15(21)20-18)4-5-12(9)19-13/h1-6H,7,18H2,(H,20,21). The number of nitrogen functional groups attached to an aromatic ring is 1. The summed E-state index contributed by atoms with van der Waals surface area (Å²) in [6, 6.07) is 10.6. The minimum Gasteiger partial charge on any atom is -0.290 e. The summed E-state index contributed by atoms with van der Waals surface area (Å²) < 4.78 is 0. The van der Waals surface area contributed by atoms with Gasteiger partial charge in [0.2, 0.25) is 0 Å². The van der Waals surface area contributed by atoms with Crippen molar-refractivity contribution >= 4 is 40.5 Å². The molecule has 1 heterocycles. The highest BCUT2D eigenvalue weighted by Gasteiger charge is 2.21. The van der Waals surface area contributed by atoms with E-state index >= 15 is 0 Å². The monoisotopic (exact) mass is 319 g/mol. The quantitative estimate of drug-likeness (QED) is 0.506. The smallest absolute Gasteiger partial charge is 0.265 e. The van der Waals surface area contributed by atoms with Crippen LogP contribution in [0.1, 0.15) is 21.5 Å². The van der Waals surface area contributed by atoms with E-state index in [4.69, 9.17) is 29.0 Å². The summed E-state index contributed by atoms with van der Waals surface area (Å²) in [6.07, 6.45) is 0.574. The SMILES string of the molecule is NNC(=O)c1ccc2c(c1)CC(c1c(Cl)cccc1Cl)=N2. The first-order chi connectivity index (χ1) is 10.1. The Labute approximate surface area is 131 Å². The first kappa shape index (κ1) is 14.1. The second kappa shape index (κ2) is 5.48. The summed E-state index contributed by atoms with van der Waals surface area (Å²) >= 11 is 12.4. The second-order valence-electron chi connectivity index (χ2n) is 4.65. The van der Waals surface area contributed by atoms with Gasteiger partial charge in [-0.25, -0.2) is 5.84 Å². The molecule has 0 atom stereocenters. The summed E-state index contributed by atoms with van der Waals surface area (Å²) in [4.78, 5) is 16.1. The van der Waals surface area contributed by atoms with Crippen LogP contribution in [0.5, 0.6) is 0 Å². The Bertz CT molecular complexity index is 751. The first-order valence-corrected chi connectivity index (χ1v) is 7.01. The maximum Gasteiger partial charge on any atom is 0.265 e. The lowest BCUT2D eigenvalue weighted by molar-refractivity contribution is 0.0953. The Morgan fingerprint density at radius 3 is 2.57 bits per heavy atom. The normalized spacial score (nSPS) is 12.8. The van der Waals surface area contributed by atoms with Gasteiger partial charge in [-0.05, 0) is 35.9 Å². The van der Waals surface area contributed by atoms with Crippen molar-refractivity contribution in [3.8, 4) is 0 Å². The molecular weight excluding hydrogens is 309 g/mol. The molecule has 0 aliphatic carbocycles. The van der Waals surface area contributed by atoms with Crippen molar-refractivity contribution in [1.82, 2.24) is 5.43 Å². The minimum atomic E-state index is -0.331. The van der Waals surface area contributed by atoms with Crippen molar-refractivity contribution in [2.75, 3.05) is 0 Å². The first-order valence-electron chi connectivity index (χ1n) is 6.26. The van der Waals surface area contributed by atoms with Crippen molar-refractivity contribution < 1.29 is 4.79 Å². The van der Waals surface area contributed by atoms with Crippen molar-refractivity contribution in [2.45, 2.75) is 6.42 Å². The Hall–Kier alpha value is -1.88. The maximum absolute atomic E-state index is 11.6. The molecule has 4 nitrogen and oxygen atoms in total. The maximum atomic E-state index is 11.6. The summed E-state index contributed by atoms with van der Waals surface area (Å²) in [5, 5.41) is 1.13. The van der Waals surface area contributed by atoms with Gasteiger partial charge in [0.15, 0.2) is 0 Å². The lowest BCUT2D eigenvalue weighted by Gasteiger charge is -2.06. The number of benzene rings is 2. The van der Waals surface area contributed by atoms with Gasteiger partial charge in [0.05, 0.1) is 21.4 Å². The van der Waals surface area contributed by atoms with E-state index in [-0.39, 0.29) is 5.91 Å². The van der Waals surface area contributed by atoms with Gasteiger partial charge in [-0.1, -0.05) is 29.3 Å². The van der Waals surface area contributed by atoms with Crippen molar-refractivity contribution in [3.63, 3.8) is 0 Å². The van der Waals surface area contributed by atoms with E-state index < -0.39 is 0 Å². The summed E-state index contributed by atoms with van der Waals surface area (Å²) in [7, 11) is 0. The molecule has 0 bridgehead atoms. The lowest BCUT2D eigenvalue weighted by atomic mass is 10.0. The molecule has 21 heavy (non-hydrogen) atoms. The third-order valence-electron chi connectivity index (χ3n) is 3.34. The predicted molar refractivity (Wildman–Crippen MR) is 84.5 cm³/mol. The molecule has 6 heteroatoms. The fraction of sp³-hybridized carbons (Fsp3) is 0.0667. The summed E-state index contributed by atoms with van der Waals surface area (Å²) in [6.45, 7) is 0. The molecule has 3 N–H and O–H groups in total. The average Bonchev–Trinajstić information content (AvgIpc) is 2.88. The summed E-state index contributed by atoms with van der Waals surface area (Å²) in [5.74, 6) is 4.81. The largest absolute Gasteiger partial charge is 0.290 e. The minimum absolute atomic E-state index is 0.331. The molecule has 1 aliphatic rings. The third kappa shape index (κ3) is 2.53. The predicted octanol–water partition coefficient (Wildman–Crippen LogP) is 3.27. The van der Waals surface area contributed by atoms with Gasteiger partial charge in [-0.2, -0.15) is 0 Å². The van der Waals surface area contributed by atoms with Crippen LogP contribution in [-0.2, 0) is 6.42 Å². The highest BCUT2D eigenvalue weighted by atomic mass is 35.5. The number of nitrogens with two attached hydrogens (primary N) is 1. The van der Waals surface area contributed by atoms with Crippen LogP contribution in [0.4, 0.5) is 5.69 Å². The fourth-order valence-electron chi connectivity index (χ4n) is 2.34. The van der Waals surface area contributed by atoms with Gasteiger partial charge >= 0.3 is 0 Å². The van der Waals surface area contributed by atoms with Gasteiger partial charge in [-0.3, -0.25) is 15.2 Å². The molecule has 2 aromatic carbocycles. The fourth-order valence-corrected chi connectivity index (χ4v) is 2.96. The average molecular weight is 320 g/mol. The van der Waals surface area contributed by atoms with Crippen LogP contribution in [0.25, 0.3) is 0 Å². The number of nitrogens with zero attached hydrogens (tertiary/aromatic N) is 1. The molecule has 0 saturated heterocycles. The molecule has 0 radical (unpaired) electrons. The van der Waals surface area contributed by atoms with Gasteiger partial charge in [0.25, 0.3) is 5.91 Å². The Morgan fingerprint density at radius 2 is 1.90 bits per heavy atom. The number of hydrazine groups is 1. The van der Waals surface area contributed by atoms with Crippen LogP contribution in [0, 0.1) is 0 Å². The van der Waals surface area contributed by atoms with Gasteiger partial charge in [-0.15, -0.1) is 0 Å². The van der Waals surface area contributed by atoms with Crippen LogP contribution >= 0.6 is 23.2 Å². The number of carbonyl (C=O) groups is 1. The van der Waals surface area contributed by atoms with E-state index in [0.717, 1.165) is 22.5 Å². The number of amides is 1. The van der Waals surface area contributed by atoms with Gasteiger partial charge < -0.3 is 0 Å². The Morgan fingerprint density at radius 1 is 1.19 bits per heavy atom. The van der Waals surface area contributed by atoms with Crippen molar-refractivity contribution in [1.29, 1.82) is 0 Å². The van der Waals surface area contributed by atoms with Crippen LogP contribution in [0.3, 0.4) is 0 Å². The number of aliphatic imine (C=N–C) groups is 1. The number of halogens is 2. The topological polar surface area (TPSA) is 67.5 Å². The lowest BCUT2D eigenvalue weighted by Crippen LogP contribution is -2.29. The number of hydrogen-bond acceptors (Lipinski definition) is 3. The Kier molecular flexibility index (Phi) is 3.68. The molecule has 1 aliphatic heterocycles. The summed E-state index contributed by atoms with van der Waals surface area (Å²) in [5.41, 5.74) is 5.91. The second-order valence-corrected chi connectivity index (χ2v) is 5.46. The molecule has 3 rings (SSSR count). The highest BCUT2D eigenvalue weighted by Crippen LogP contribution is 2.34. The van der Waals surface area contributed by atoms with Gasteiger partial charge in [0, 0.05) is 17.5 Å². The zero-order chi connectivity index (χ0) is 15.0. The zero-order valence-electron chi connectivity index (χ0n) is 10.9. The third-order valence-corrected chi connectivity index (χ3v) is 3.97. The van der Waals surface area contributed by atoms with Crippen LogP contribution in [-0.4, -0.2) is 11.6 Å². The molecule has 0 spiro atoms. The van der Waals surface area contributed by atoms with E-state index in [2.05, 4.69) is 10.4 Å². The molecule has 1 amide bonds. The van der Waals surface area contributed by atoms with E-state index in [1.165, 1.54) is 0 Å². The molecule has 106 valence electrons. The molecule has 0 saturated carbocycles. The molecule has 0 unspecified atom stereocenters. The highest BCUT2D eigenvalue weighted by molar-refractivity contribution is 6.40. The number of hydrogen-bond donors (Lipinski definition) is 2. The van der Waals surface area contributed by atoms with E-state index in [9.17, 15) is 4.79 Å². The Balaban J connectivity index is 1.99. The number of nitrogens with one attached hydrogen (secondary N) is 1. The van der Waals surface area contributed by atoms with E-state index in [0.29, 0.717) is 22.0 Å². The molecular formula is C15H11Cl2N3O. The molecule has 2 aromatic rings. The van der Waals surface area contributed by atoms with Crippen molar-refractivity contribution in [3.05, 3.63) is 63.1 Å².